The van der Waals surface area contributed by atoms with E-state index in [1.54, 1.807) is 19.1 Å². The molecule has 0 aromatic heterocycles. The standard InChI is InChI=1S/C11H15NO4/c1-7(13)6-16-10-4-2-3-8(14)11(10)9(15)5-12/h2-4,7,13-14H,5-6,12H2,1H3. The number of aliphatic hydroxyl groups excluding tert-OH is 1. The zero-order valence-electron chi connectivity index (χ0n) is 9.01. The molecular formula is C11H15NO4. The summed E-state index contributed by atoms with van der Waals surface area (Å²) in [6.45, 7) is 1.41. The SMILES string of the molecule is CC(O)COc1cccc(O)c1C(=O)CN. The van der Waals surface area contributed by atoms with Gasteiger partial charge in [0.2, 0.25) is 0 Å². The number of carbonyl (C=O) groups is 1. The highest BCUT2D eigenvalue weighted by Gasteiger charge is 2.16. The fourth-order valence-electron chi connectivity index (χ4n) is 1.23. The van der Waals surface area contributed by atoms with E-state index in [1.165, 1.54) is 6.07 Å². The van der Waals surface area contributed by atoms with E-state index >= 15 is 0 Å². The molecule has 0 fully saturated rings. The van der Waals surface area contributed by atoms with Crippen molar-refractivity contribution in [2.75, 3.05) is 13.2 Å². The Labute approximate surface area is 93.5 Å². The Morgan fingerprint density at radius 3 is 2.81 bits per heavy atom. The number of aromatic hydroxyl groups is 1. The first-order valence-corrected chi connectivity index (χ1v) is 4.92. The van der Waals surface area contributed by atoms with Crippen molar-refractivity contribution >= 4 is 5.78 Å². The van der Waals surface area contributed by atoms with Gasteiger partial charge < -0.3 is 20.7 Å². The number of hydrogen-bond donors (Lipinski definition) is 3. The average molecular weight is 225 g/mol. The van der Waals surface area contributed by atoms with Gasteiger partial charge in [-0.15, -0.1) is 0 Å². The second kappa shape index (κ2) is 5.48. The van der Waals surface area contributed by atoms with Crippen LogP contribution >= 0.6 is 0 Å². The average Bonchev–Trinajstić information content (AvgIpc) is 2.25. The van der Waals surface area contributed by atoms with E-state index in [4.69, 9.17) is 15.6 Å². The Balaban J connectivity index is 2.98. The molecule has 1 aromatic carbocycles. The van der Waals surface area contributed by atoms with Crippen LogP contribution in [0.1, 0.15) is 17.3 Å². The van der Waals surface area contributed by atoms with Crippen LogP contribution in [0.2, 0.25) is 0 Å². The van der Waals surface area contributed by atoms with Gasteiger partial charge in [-0.3, -0.25) is 4.79 Å². The van der Waals surface area contributed by atoms with Crippen molar-refractivity contribution in [2.24, 2.45) is 5.73 Å². The van der Waals surface area contributed by atoms with E-state index in [2.05, 4.69) is 0 Å². The Bertz CT molecular complexity index is 376. The summed E-state index contributed by atoms with van der Waals surface area (Å²) in [7, 11) is 0. The van der Waals surface area contributed by atoms with Gasteiger partial charge in [-0.25, -0.2) is 0 Å². The van der Waals surface area contributed by atoms with Crippen LogP contribution < -0.4 is 10.5 Å². The fraction of sp³-hybridized carbons (Fsp3) is 0.364. The summed E-state index contributed by atoms with van der Waals surface area (Å²) < 4.78 is 5.22. The maximum absolute atomic E-state index is 11.5. The largest absolute Gasteiger partial charge is 0.507 e. The molecule has 0 aliphatic carbocycles. The van der Waals surface area contributed by atoms with E-state index in [-0.39, 0.29) is 30.2 Å². The second-order valence-electron chi connectivity index (χ2n) is 3.44. The number of carbonyl (C=O) groups excluding carboxylic acids is 1. The third-order valence-electron chi connectivity index (χ3n) is 1.95. The molecule has 0 radical (unpaired) electrons. The summed E-state index contributed by atoms with van der Waals surface area (Å²) in [6, 6.07) is 4.49. The molecule has 1 atom stereocenters. The highest BCUT2D eigenvalue weighted by molar-refractivity contribution is 6.02. The maximum Gasteiger partial charge on any atom is 0.183 e. The highest BCUT2D eigenvalue weighted by Crippen LogP contribution is 2.27. The molecule has 88 valence electrons. The quantitative estimate of drug-likeness (QED) is 0.626. The van der Waals surface area contributed by atoms with E-state index in [1.807, 2.05) is 0 Å². The summed E-state index contributed by atoms with van der Waals surface area (Å²) in [5, 5.41) is 18.6. The van der Waals surface area contributed by atoms with Crippen molar-refractivity contribution in [3.05, 3.63) is 23.8 Å². The predicted octanol–water partition coefficient (Wildman–Crippen LogP) is 0.293. The summed E-state index contributed by atoms with van der Waals surface area (Å²) in [4.78, 5) is 11.5. The van der Waals surface area contributed by atoms with Gasteiger partial charge in [-0.05, 0) is 19.1 Å². The zero-order chi connectivity index (χ0) is 12.1. The minimum absolute atomic E-state index is 0.0499. The van der Waals surface area contributed by atoms with Gasteiger partial charge in [0, 0.05) is 0 Å². The lowest BCUT2D eigenvalue weighted by Gasteiger charge is -2.12. The summed E-state index contributed by atoms with van der Waals surface area (Å²) in [5.41, 5.74) is 5.29. The van der Waals surface area contributed by atoms with Crippen LogP contribution in [0.15, 0.2) is 18.2 Å². The second-order valence-corrected chi connectivity index (χ2v) is 3.44. The van der Waals surface area contributed by atoms with E-state index in [0.29, 0.717) is 0 Å². The number of Topliss-reactive ketones (excluding diaryl/α,β-unsaturated/α-hetero) is 1. The molecule has 0 saturated heterocycles. The lowest BCUT2D eigenvalue weighted by Crippen LogP contribution is -2.18. The summed E-state index contributed by atoms with van der Waals surface area (Å²) >= 11 is 0. The minimum Gasteiger partial charge on any atom is -0.507 e. The number of phenolic OH excluding ortho intramolecular Hbond substituents is 1. The highest BCUT2D eigenvalue weighted by atomic mass is 16.5. The van der Waals surface area contributed by atoms with Crippen molar-refractivity contribution in [1.29, 1.82) is 0 Å². The Hall–Kier alpha value is -1.59. The fourth-order valence-corrected chi connectivity index (χ4v) is 1.23. The molecule has 0 amide bonds. The Morgan fingerprint density at radius 2 is 2.25 bits per heavy atom. The minimum atomic E-state index is -0.650. The topological polar surface area (TPSA) is 92.8 Å². The van der Waals surface area contributed by atoms with Crippen LogP contribution in [0.25, 0.3) is 0 Å². The molecule has 5 nitrogen and oxygen atoms in total. The molecule has 0 spiro atoms. The molecule has 1 aromatic rings. The van der Waals surface area contributed by atoms with Crippen molar-refractivity contribution in [2.45, 2.75) is 13.0 Å². The van der Waals surface area contributed by atoms with Crippen molar-refractivity contribution in [3.63, 3.8) is 0 Å². The van der Waals surface area contributed by atoms with Gasteiger partial charge in [-0.2, -0.15) is 0 Å². The number of rotatable bonds is 5. The maximum atomic E-state index is 11.5. The first-order valence-electron chi connectivity index (χ1n) is 4.92. The molecule has 0 saturated carbocycles. The van der Waals surface area contributed by atoms with Crippen LogP contribution in [0, 0.1) is 0 Å². The smallest absolute Gasteiger partial charge is 0.183 e. The number of ether oxygens (including phenoxy) is 1. The number of hydrogen-bond acceptors (Lipinski definition) is 5. The van der Waals surface area contributed by atoms with E-state index < -0.39 is 11.9 Å². The molecule has 4 N–H and O–H groups in total. The molecular weight excluding hydrogens is 210 g/mol. The lowest BCUT2D eigenvalue weighted by atomic mass is 10.1. The van der Waals surface area contributed by atoms with Gasteiger partial charge in [0.15, 0.2) is 5.78 Å². The van der Waals surface area contributed by atoms with Gasteiger partial charge in [-0.1, -0.05) is 6.07 Å². The molecule has 1 unspecified atom stereocenters. The van der Waals surface area contributed by atoms with Crippen molar-refractivity contribution in [1.82, 2.24) is 0 Å². The molecule has 0 bridgehead atoms. The number of aliphatic hydroxyl groups is 1. The van der Waals surface area contributed by atoms with Gasteiger partial charge in [0.05, 0.1) is 12.6 Å². The Morgan fingerprint density at radius 1 is 1.56 bits per heavy atom. The number of benzene rings is 1. The Kier molecular flexibility index (Phi) is 4.28. The third kappa shape index (κ3) is 2.95. The first kappa shape index (κ1) is 12.5. The van der Waals surface area contributed by atoms with Gasteiger partial charge in [0.25, 0.3) is 0 Å². The molecule has 16 heavy (non-hydrogen) atoms. The number of ketones is 1. The molecule has 0 aliphatic rings. The number of phenols is 1. The molecule has 5 heteroatoms. The van der Waals surface area contributed by atoms with Crippen molar-refractivity contribution < 1.29 is 19.7 Å². The molecule has 1 rings (SSSR count). The molecule has 0 heterocycles. The van der Waals surface area contributed by atoms with Gasteiger partial charge in [0.1, 0.15) is 23.7 Å². The zero-order valence-corrected chi connectivity index (χ0v) is 9.01. The van der Waals surface area contributed by atoms with Crippen molar-refractivity contribution in [3.8, 4) is 11.5 Å². The van der Waals surface area contributed by atoms with Crippen LogP contribution in [0.4, 0.5) is 0 Å². The van der Waals surface area contributed by atoms with E-state index in [9.17, 15) is 9.90 Å². The van der Waals surface area contributed by atoms with Gasteiger partial charge >= 0.3 is 0 Å². The molecule has 0 aliphatic heterocycles. The normalized spacial score (nSPS) is 12.2. The monoisotopic (exact) mass is 225 g/mol. The van der Waals surface area contributed by atoms with Crippen LogP contribution in [-0.4, -0.2) is 35.3 Å². The predicted molar refractivity (Wildman–Crippen MR) is 58.7 cm³/mol. The van der Waals surface area contributed by atoms with Crippen LogP contribution in [0.3, 0.4) is 0 Å². The summed E-state index contributed by atoms with van der Waals surface area (Å²) in [6.07, 6.45) is -0.650. The number of nitrogens with two attached hydrogens (primary N) is 1. The van der Waals surface area contributed by atoms with Crippen LogP contribution in [-0.2, 0) is 0 Å². The van der Waals surface area contributed by atoms with E-state index in [0.717, 1.165) is 0 Å². The summed E-state index contributed by atoms with van der Waals surface area (Å²) in [5.74, 6) is -0.339. The first-order chi connectivity index (χ1) is 7.56. The lowest BCUT2D eigenvalue weighted by molar-refractivity contribution is 0.0981. The third-order valence-corrected chi connectivity index (χ3v) is 1.95. The van der Waals surface area contributed by atoms with Crippen LogP contribution in [0.5, 0.6) is 11.5 Å².